The van der Waals surface area contributed by atoms with E-state index in [1.807, 2.05) is 0 Å². The molecule has 2 heterocycles. The quantitative estimate of drug-likeness (QED) is 0.592. The van der Waals surface area contributed by atoms with Gasteiger partial charge in [-0.2, -0.15) is 0 Å². The van der Waals surface area contributed by atoms with Crippen LogP contribution in [0.15, 0.2) is 33.9 Å². The molecule has 0 spiro atoms. The summed E-state index contributed by atoms with van der Waals surface area (Å²) in [5.41, 5.74) is -0.359. The molecule has 7 nitrogen and oxygen atoms in total. The van der Waals surface area contributed by atoms with Crippen molar-refractivity contribution in [1.29, 1.82) is 0 Å². The van der Waals surface area contributed by atoms with Crippen molar-refractivity contribution in [2.24, 2.45) is 5.92 Å². The smallest absolute Gasteiger partial charge is 0.329 e. The number of aromatic nitrogens is 2. The number of halogens is 3. The lowest BCUT2D eigenvalue weighted by Crippen LogP contribution is -2.32. The lowest BCUT2D eigenvalue weighted by Gasteiger charge is -2.25. The van der Waals surface area contributed by atoms with E-state index in [4.69, 9.17) is 4.74 Å². The first-order valence-electron chi connectivity index (χ1n) is 11.1. The van der Waals surface area contributed by atoms with E-state index in [1.54, 1.807) is 6.92 Å². The molecule has 2 fully saturated rings. The number of ether oxygens (including phenoxy) is 1. The van der Waals surface area contributed by atoms with Gasteiger partial charge in [0.1, 0.15) is 17.4 Å². The number of nitrogens with zero attached hydrogens (tertiary/aromatic N) is 2. The second-order valence-corrected chi connectivity index (χ2v) is 8.99. The Balaban J connectivity index is 1.63. The number of methoxy groups -OCH3 is 1. The van der Waals surface area contributed by atoms with E-state index >= 15 is 8.78 Å². The third-order valence-corrected chi connectivity index (χ3v) is 6.83. The van der Waals surface area contributed by atoms with Crippen LogP contribution >= 0.6 is 0 Å². The van der Waals surface area contributed by atoms with Gasteiger partial charge < -0.3 is 14.7 Å². The molecule has 1 aliphatic heterocycles. The van der Waals surface area contributed by atoms with E-state index in [1.165, 1.54) is 40.8 Å². The maximum absolute atomic E-state index is 15.7. The first kappa shape index (κ1) is 22.5. The number of aliphatic hydroxyl groups is 1. The fourth-order valence-electron chi connectivity index (χ4n) is 5.05. The molecule has 0 radical (unpaired) electrons. The van der Waals surface area contributed by atoms with Crippen LogP contribution in [-0.2, 0) is 0 Å². The number of aliphatic hydroxyl groups excluding tert-OH is 1. The normalized spacial score (nSPS) is 21.3. The summed E-state index contributed by atoms with van der Waals surface area (Å²) in [5, 5.41) is 10.7. The topological polar surface area (TPSA) is 87.6 Å². The van der Waals surface area contributed by atoms with Crippen LogP contribution in [-0.4, -0.2) is 41.0 Å². The molecule has 2 N–H and O–H groups in total. The van der Waals surface area contributed by atoms with Crippen molar-refractivity contribution in [2.45, 2.75) is 38.1 Å². The maximum Gasteiger partial charge on any atom is 0.329 e. The number of rotatable bonds is 5. The van der Waals surface area contributed by atoms with Crippen molar-refractivity contribution < 1.29 is 23.0 Å². The van der Waals surface area contributed by atoms with Gasteiger partial charge in [0.25, 0.3) is 5.56 Å². The summed E-state index contributed by atoms with van der Waals surface area (Å²) in [6, 6.07) is 5.03. The predicted molar refractivity (Wildman–Crippen MR) is 120 cm³/mol. The third kappa shape index (κ3) is 3.48. The van der Waals surface area contributed by atoms with Crippen molar-refractivity contribution >= 4 is 16.6 Å². The average molecular weight is 475 g/mol. The molecule has 0 bridgehead atoms. The summed E-state index contributed by atoms with van der Waals surface area (Å²) >= 11 is 0. The van der Waals surface area contributed by atoms with Gasteiger partial charge in [-0.1, -0.05) is 12.1 Å². The Labute approximate surface area is 192 Å². The molecule has 34 heavy (non-hydrogen) atoms. The molecule has 1 saturated carbocycles. The Morgan fingerprint density at radius 1 is 1.15 bits per heavy atom. The molecule has 1 aromatic heterocycles. The van der Waals surface area contributed by atoms with Gasteiger partial charge in [0.15, 0.2) is 11.6 Å². The summed E-state index contributed by atoms with van der Waals surface area (Å²) < 4.78 is 50.8. The molecule has 0 amide bonds. The molecule has 3 unspecified atom stereocenters. The number of hydrogen-bond acceptors (Lipinski definition) is 5. The van der Waals surface area contributed by atoms with Gasteiger partial charge in [-0.3, -0.25) is 14.3 Å². The number of alkyl halides is 1. The molecular weight excluding hydrogens is 451 g/mol. The minimum atomic E-state index is -1.50. The van der Waals surface area contributed by atoms with E-state index < -0.39 is 41.1 Å². The number of fused-ring (bicyclic) bond motifs is 1. The van der Waals surface area contributed by atoms with E-state index in [0.717, 1.165) is 12.8 Å². The molecule has 180 valence electrons. The van der Waals surface area contributed by atoms with Gasteiger partial charge in [-0.15, -0.1) is 0 Å². The minimum Gasteiger partial charge on any atom is -0.493 e. The van der Waals surface area contributed by atoms with E-state index in [9.17, 15) is 19.1 Å². The standard InChI is InChI=1S/C24H24F3N3O4/c1-11-19-17(23(32)28-24(33)30(19)14-7-8-14)22(34-2)18(27)20(11)29-9-15(16(26)10-29)21(31)12-3-5-13(25)6-4-12/h3-6,14-16,21,31H,7-10H2,1-2H3,(H,28,32,33). The van der Waals surface area contributed by atoms with E-state index in [2.05, 4.69) is 4.98 Å². The van der Waals surface area contributed by atoms with E-state index in [0.29, 0.717) is 11.1 Å². The molecule has 1 saturated heterocycles. The van der Waals surface area contributed by atoms with Crippen LogP contribution in [0, 0.1) is 24.5 Å². The molecule has 2 aromatic carbocycles. The Kier molecular flexibility index (Phi) is 5.43. The van der Waals surface area contributed by atoms with Crippen molar-refractivity contribution in [3.8, 4) is 5.75 Å². The van der Waals surface area contributed by atoms with Crippen molar-refractivity contribution in [3.05, 3.63) is 67.9 Å². The number of H-pyrrole nitrogens is 1. The summed E-state index contributed by atoms with van der Waals surface area (Å²) in [4.78, 5) is 29.0. The zero-order valence-corrected chi connectivity index (χ0v) is 18.6. The summed E-state index contributed by atoms with van der Waals surface area (Å²) in [5.74, 6) is -2.51. The molecule has 10 heteroatoms. The van der Waals surface area contributed by atoms with Gasteiger partial charge in [0.2, 0.25) is 0 Å². The first-order chi connectivity index (χ1) is 16.2. The average Bonchev–Trinajstić information content (AvgIpc) is 3.56. The highest BCUT2D eigenvalue weighted by molar-refractivity contribution is 5.93. The Morgan fingerprint density at radius 2 is 1.82 bits per heavy atom. The molecular formula is C24H24F3N3O4. The number of aryl methyl sites for hydroxylation is 1. The lowest BCUT2D eigenvalue weighted by atomic mass is 9.94. The monoisotopic (exact) mass is 475 g/mol. The zero-order chi connectivity index (χ0) is 24.3. The van der Waals surface area contributed by atoms with Crippen molar-refractivity contribution in [1.82, 2.24) is 9.55 Å². The highest BCUT2D eigenvalue weighted by Crippen LogP contribution is 2.44. The van der Waals surface area contributed by atoms with Gasteiger partial charge in [-0.05, 0) is 37.5 Å². The maximum atomic E-state index is 15.7. The lowest BCUT2D eigenvalue weighted by molar-refractivity contribution is 0.0799. The number of nitrogens with one attached hydrogen (secondary N) is 1. The Hall–Kier alpha value is -3.27. The number of hydrogen-bond donors (Lipinski definition) is 2. The molecule has 5 rings (SSSR count). The summed E-state index contributed by atoms with van der Waals surface area (Å²) in [7, 11) is 1.23. The van der Waals surface area contributed by atoms with Crippen LogP contribution in [0.2, 0.25) is 0 Å². The Morgan fingerprint density at radius 3 is 2.44 bits per heavy atom. The van der Waals surface area contributed by atoms with Gasteiger partial charge in [0.05, 0.1) is 24.4 Å². The molecule has 3 aromatic rings. The van der Waals surface area contributed by atoms with Crippen LogP contribution < -0.4 is 20.9 Å². The molecule has 3 atom stereocenters. The molecule has 2 aliphatic rings. The summed E-state index contributed by atoms with van der Waals surface area (Å²) in [6.07, 6.45) is -1.22. The minimum absolute atomic E-state index is 0.0248. The predicted octanol–water partition coefficient (Wildman–Crippen LogP) is 3.13. The fraction of sp³-hybridized carbons (Fsp3) is 0.417. The summed E-state index contributed by atoms with van der Waals surface area (Å²) in [6.45, 7) is 1.37. The third-order valence-electron chi connectivity index (χ3n) is 6.83. The molecule has 1 aliphatic carbocycles. The number of aromatic amines is 1. The zero-order valence-electron chi connectivity index (χ0n) is 18.6. The van der Waals surface area contributed by atoms with Gasteiger partial charge in [0, 0.05) is 30.6 Å². The van der Waals surface area contributed by atoms with Crippen LogP contribution in [0.3, 0.4) is 0 Å². The van der Waals surface area contributed by atoms with Crippen LogP contribution in [0.5, 0.6) is 5.75 Å². The fourth-order valence-corrected chi connectivity index (χ4v) is 5.05. The largest absolute Gasteiger partial charge is 0.493 e. The number of benzene rings is 2. The van der Waals surface area contributed by atoms with Crippen LogP contribution in [0.25, 0.3) is 10.9 Å². The van der Waals surface area contributed by atoms with Crippen molar-refractivity contribution in [2.75, 3.05) is 25.1 Å². The van der Waals surface area contributed by atoms with E-state index in [-0.39, 0.29) is 41.5 Å². The SMILES string of the molecule is COc1c(F)c(N2CC(F)C(C(O)c3ccc(F)cc3)C2)c(C)c2c1c(=O)[nH]c(=O)n2C1CC1. The number of anilines is 1. The Bertz CT molecular complexity index is 1380. The second kappa shape index (κ2) is 8.19. The highest BCUT2D eigenvalue weighted by Gasteiger charge is 2.41. The van der Waals surface area contributed by atoms with Crippen LogP contribution in [0.4, 0.5) is 18.9 Å². The first-order valence-corrected chi connectivity index (χ1v) is 11.1. The highest BCUT2D eigenvalue weighted by atomic mass is 19.1. The van der Waals surface area contributed by atoms with Crippen LogP contribution in [0.1, 0.15) is 36.1 Å². The van der Waals surface area contributed by atoms with Gasteiger partial charge in [-0.25, -0.2) is 18.0 Å². The van der Waals surface area contributed by atoms with Gasteiger partial charge >= 0.3 is 5.69 Å². The second-order valence-electron chi connectivity index (χ2n) is 8.99. The van der Waals surface area contributed by atoms with Crippen molar-refractivity contribution in [3.63, 3.8) is 0 Å².